The molecule has 1 unspecified atom stereocenters. The monoisotopic (exact) mass is 409 g/mol. The topological polar surface area (TPSA) is 80.0 Å². The fourth-order valence-corrected chi connectivity index (χ4v) is 3.24. The van der Waals surface area contributed by atoms with E-state index in [1.54, 1.807) is 37.4 Å². The highest BCUT2D eigenvalue weighted by Crippen LogP contribution is 2.29. The Labute approximate surface area is 174 Å². The molecule has 2 aromatic carbocycles. The molecule has 4 rings (SSSR count). The molecule has 0 N–H and O–H groups in total. The molecule has 2 heterocycles. The third-order valence-electron chi connectivity index (χ3n) is 4.84. The second-order valence-corrected chi connectivity index (χ2v) is 6.93. The average molecular weight is 409 g/mol. The molecule has 0 amide bonds. The molecule has 7 nitrogen and oxygen atoms in total. The molecular weight excluding hydrogens is 386 g/mol. The first-order valence-electron chi connectivity index (χ1n) is 9.83. The Balaban J connectivity index is 1.31. The van der Waals surface area contributed by atoms with Gasteiger partial charge in [-0.05, 0) is 49.2 Å². The number of hydrogen-bond acceptors (Lipinski definition) is 7. The maximum absolute atomic E-state index is 12.3. The van der Waals surface area contributed by atoms with E-state index in [2.05, 4.69) is 5.16 Å². The Kier molecular flexibility index (Phi) is 6.29. The summed E-state index contributed by atoms with van der Waals surface area (Å²) in [6, 6.07) is 16.1. The van der Waals surface area contributed by atoms with Crippen LogP contribution in [0, 0.1) is 0 Å². The van der Waals surface area contributed by atoms with E-state index in [-0.39, 0.29) is 12.7 Å². The molecule has 30 heavy (non-hydrogen) atoms. The second kappa shape index (κ2) is 9.45. The molecule has 3 aromatic rings. The van der Waals surface area contributed by atoms with E-state index in [4.69, 9.17) is 23.5 Å². The van der Waals surface area contributed by atoms with Crippen molar-refractivity contribution in [2.45, 2.75) is 25.6 Å². The number of rotatable bonds is 8. The second-order valence-electron chi connectivity index (χ2n) is 6.93. The van der Waals surface area contributed by atoms with Crippen molar-refractivity contribution in [1.29, 1.82) is 0 Å². The highest BCUT2D eigenvalue weighted by atomic mass is 16.6. The third-order valence-corrected chi connectivity index (χ3v) is 4.84. The molecule has 1 fully saturated rings. The van der Waals surface area contributed by atoms with Gasteiger partial charge < -0.3 is 23.5 Å². The number of nitrogens with zero attached hydrogens (tertiary/aromatic N) is 1. The van der Waals surface area contributed by atoms with Crippen LogP contribution >= 0.6 is 0 Å². The summed E-state index contributed by atoms with van der Waals surface area (Å²) in [4.78, 5) is 12.3. The number of ether oxygens (including phenoxy) is 4. The maximum atomic E-state index is 12.3. The molecule has 0 aliphatic carbocycles. The van der Waals surface area contributed by atoms with E-state index in [1.807, 2.05) is 24.3 Å². The van der Waals surface area contributed by atoms with Crippen LogP contribution in [0.5, 0.6) is 11.5 Å². The van der Waals surface area contributed by atoms with Crippen LogP contribution in [0.25, 0.3) is 11.3 Å². The fourth-order valence-electron chi connectivity index (χ4n) is 3.24. The lowest BCUT2D eigenvalue weighted by atomic mass is 10.1. The standard InChI is InChI=1S/C23H23NO6/c1-26-22-7-3-2-6-20(22)21-13-19(30-24-21)15-29-23(25)16-8-10-17(11-9-16)28-14-18-5-4-12-27-18/h2-3,6-11,13,18H,4-5,12,14-15H2,1H3. The molecule has 156 valence electrons. The molecule has 0 spiro atoms. The lowest BCUT2D eigenvalue weighted by molar-refractivity contribution is 0.0437. The predicted octanol–water partition coefficient (Wildman–Crippen LogP) is 4.27. The van der Waals surface area contributed by atoms with E-state index >= 15 is 0 Å². The quantitative estimate of drug-likeness (QED) is 0.514. The van der Waals surface area contributed by atoms with Crippen LogP contribution in [0.3, 0.4) is 0 Å². The zero-order chi connectivity index (χ0) is 20.8. The minimum absolute atomic E-state index is 0.0156. The number of methoxy groups -OCH3 is 1. The van der Waals surface area contributed by atoms with Gasteiger partial charge in [0.25, 0.3) is 0 Å². The van der Waals surface area contributed by atoms with Crippen LogP contribution in [0.2, 0.25) is 0 Å². The van der Waals surface area contributed by atoms with Crippen LogP contribution in [0.1, 0.15) is 29.0 Å². The van der Waals surface area contributed by atoms with Gasteiger partial charge in [-0.2, -0.15) is 0 Å². The van der Waals surface area contributed by atoms with Crippen LogP contribution < -0.4 is 9.47 Å². The fraction of sp³-hybridized carbons (Fsp3) is 0.304. The number of para-hydroxylation sites is 1. The van der Waals surface area contributed by atoms with E-state index in [0.717, 1.165) is 25.0 Å². The molecule has 7 heteroatoms. The summed E-state index contributed by atoms with van der Waals surface area (Å²) in [6.45, 7) is 1.30. The molecule has 1 aliphatic heterocycles. The van der Waals surface area contributed by atoms with E-state index in [1.165, 1.54) is 0 Å². The Morgan fingerprint density at radius 1 is 1.17 bits per heavy atom. The summed E-state index contributed by atoms with van der Waals surface area (Å²) in [7, 11) is 1.60. The SMILES string of the molecule is COc1ccccc1-c1cc(COC(=O)c2ccc(OCC3CCCO3)cc2)on1. The van der Waals surface area contributed by atoms with Gasteiger partial charge in [0.1, 0.15) is 23.8 Å². The number of aromatic nitrogens is 1. The minimum Gasteiger partial charge on any atom is -0.496 e. The number of carbonyl (C=O) groups is 1. The average Bonchev–Trinajstić information content (AvgIpc) is 3.48. The van der Waals surface area contributed by atoms with Crippen molar-refractivity contribution >= 4 is 5.97 Å². The van der Waals surface area contributed by atoms with Crippen LogP contribution in [0.4, 0.5) is 0 Å². The van der Waals surface area contributed by atoms with E-state index < -0.39 is 5.97 Å². The van der Waals surface area contributed by atoms with E-state index in [9.17, 15) is 4.79 Å². The highest BCUT2D eigenvalue weighted by Gasteiger charge is 2.16. The van der Waals surface area contributed by atoms with Gasteiger partial charge in [0, 0.05) is 18.2 Å². The molecule has 1 saturated heterocycles. The van der Waals surface area contributed by atoms with Gasteiger partial charge in [0.05, 0.1) is 18.8 Å². The van der Waals surface area contributed by atoms with Crippen LogP contribution in [-0.2, 0) is 16.1 Å². The summed E-state index contributed by atoms with van der Waals surface area (Å²) in [6.07, 6.45) is 2.24. The number of hydrogen-bond donors (Lipinski definition) is 0. The van der Waals surface area contributed by atoms with Crippen molar-refractivity contribution in [3.8, 4) is 22.8 Å². The summed E-state index contributed by atoms with van der Waals surface area (Å²) < 4.78 is 27.2. The maximum Gasteiger partial charge on any atom is 0.338 e. The Bertz CT molecular complexity index is 975. The molecule has 1 aliphatic rings. The number of benzene rings is 2. The third kappa shape index (κ3) is 4.80. The number of esters is 1. The van der Waals surface area contributed by atoms with Crippen LogP contribution in [0.15, 0.2) is 59.1 Å². The zero-order valence-corrected chi connectivity index (χ0v) is 16.7. The summed E-state index contributed by atoms with van der Waals surface area (Å²) >= 11 is 0. The Morgan fingerprint density at radius 2 is 2.00 bits per heavy atom. The zero-order valence-electron chi connectivity index (χ0n) is 16.7. The predicted molar refractivity (Wildman–Crippen MR) is 109 cm³/mol. The normalized spacial score (nSPS) is 15.7. The lowest BCUT2D eigenvalue weighted by Crippen LogP contribution is -2.16. The summed E-state index contributed by atoms with van der Waals surface area (Å²) in [5, 5.41) is 4.04. The van der Waals surface area contributed by atoms with Gasteiger partial charge in [-0.25, -0.2) is 4.79 Å². The molecule has 1 atom stereocenters. The molecule has 1 aromatic heterocycles. The van der Waals surface area contributed by atoms with Crippen molar-refractivity contribution in [3.05, 3.63) is 65.9 Å². The smallest absolute Gasteiger partial charge is 0.338 e. The van der Waals surface area contributed by atoms with Gasteiger partial charge in [-0.1, -0.05) is 17.3 Å². The molecule has 0 radical (unpaired) electrons. The van der Waals surface area contributed by atoms with Crippen molar-refractivity contribution in [1.82, 2.24) is 5.16 Å². The summed E-state index contributed by atoms with van der Waals surface area (Å²) in [5.74, 6) is 1.38. The van der Waals surface area contributed by atoms with E-state index in [0.29, 0.717) is 35.1 Å². The number of carbonyl (C=O) groups excluding carboxylic acids is 1. The molecule has 0 saturated carbocycles. The van der Waals surface area contributed by atoms with Crippen molar-refractivity contribution in [2.24, 2.45) is 0 Å². The van der Waals surface area contributed by atoms with Gasteiger partial charge in [0.2, 0.25) is 0 Å². The van der Waals surface area contributed by atoms with Crippen molar-refractivity contribution in [2.75, 3.05) is 20.3 Å². The molecule has 0 bridgehead atoms. The lowest BCUT2D eigenvalue weighted by Gasteiger charge is -2.11. The molecular formula is C23H23NO6. The van der Waals surface area contributed by atoms with Crippen LogP contribution in [-0.4, -0.2) is 37.6 Å². The largest absolute Gasteiger partial charge is 0.496 e. The summed E-state index contributed by atoms with van der Waals surface area (Å²) in [5.41, 5.74) is 1.86. The first-order chi connectivity index (χ1) is 14.7. The minimum atomic E-state index is -0.448. The van der Waals surface area contributed by atoms with Gasteiger partial charge >= 0.3 is 5.97 Å². The Morgan fingerprint density at radius 3 is 2.77 bits per heavy atom. The van der Waals surface area contributed by atoms with Gasteiger partial charge in [-0.15, -0.1) is 0 Å². The first-order valence-corrected chi connectivity index (χ1v) is 9.83. The van der Waals surface area contributed by atoms with Gasteiger partial charge in [-0.3, -0.25) is 0 Å². The van der Waals surface area contributed by atoms with Crippen molar-refractivity contribution < 1.29 is 28.3 Å². The Hall–Kier alpha value is -3.32. The first kappa shape index (κ1) is 20.0. The van der Waals surface area contributed by atoms with Crippen molar-refractivity contribution in [3.63, 3.8) is 0 Å². The highest BCUT2D eigenvalue weighted by molar-refractivity contribution is 5.89. The van der Waals surface area contributed by atoms with Gasteiger partial charge in [0.15, 0.2) is 12.4 Å².